The summed E-state index contributed by atoms with van der Waals surface area (Å²) >= 11 is 6.07. The lowest BCUT2D eigenvalue weighted by Gasteiger charge is -2.22. The Morgan fingerprint density at radius 2 is 1.95 bits per heavy atom. The van der Waals surface area contributed by atoms with Gasteiger partial charge in [0, 0.05) is 17.0 Å². The zero-order chi connectivity index (χ0) is 15.7. The molecule has 0 spiro atoms. The lowest BCUT2D eigenvalue weighted by Crippen LogP contribution is -2.39. The van der Waals surface area contributed by atoms with Crippen LogP contribution >= 0.6 is 11.6 Å². The zero-order valence-electron chi connectivity index (χ0n) is 12.0. The van der Waals surface area contributed by atoms with Crippen LogP contribution in [-0.4, -0.2) is 11.0 Å². The summed E-state index contributed by atoms with van der Waals surface area (Å²) < 4.78 is 0. The van der Waals surface area contributed by atoms with Gasteiger partial charge in [0.25, 0.3) is 5.91 Å². The second-order valence-corrected chi connectivity index (χ2v) is 5.83. The molecule has 2 aromatic rings. The predicted molar refractivity (Wildman–Crippen MR) is 87.8 cm³/mol. The molecule has 1 heterocycles. The van der Waals surface area contributed by atoms with E-state index in [1.807, 2.05) is 30.3 Å². The van der Waals surface area contributed by atoms with Crippen LogP contribution < -0.4 is 4.90 Å². The first kappa shape index (κ1) is 14.8. The van der Waals surface area contributed by atoms with Crippen LogP contribution in [0.25, 0.3) is 0 Å². The molecule has 0 saturated heterocycles. The van der Waals surface area contributed by atoms with Gasteiger partial charge in [-0.1, -0.05) is 54.1 Å². The van der Waals surface area contributed by atoms with Crippen molar-refractivity contribution in [2.75, 3.05) is 4.90 Å². The van der Waals surface area contributed by atoms with E-state index >= 15 is 0 Å². The van der Waals surface area contributed by atoms with E-state index in [0.29, 0.717) is 22.8 Å². The maximum atomic E-state index is 12.8. The van der Waals surface area contributed by atoms with Crippen LogP contribution in [0.2, 0.25) is 5.02 Å². The molecule has 0 fully saturated rings. The molecule has 1 aliphatic rings. The van der Waals surface area contributed by atoms with Gasteiger partial charge in [-0.15, -0.1) is 6.58 Å². The molecular weight excluding hydrogens is 298 g/mol. The van der Waals surface area contributed by atoms with Gasteiger partial charge in [-0.2, -0.15) is 0 Å². The molecule has 4 heteroatoms. The van der Waals surface area contributed by atoms with Gasteiger partial charge in [-0.25, -0.2) is 0 Å². The van der Waals surface area contributed by atoms with Crippen LogP contribution in [-0.2, 0) is 16.9 Å². The van der Waals surface area contributed by atoms with Gasteiger partial charge in [0.2, 0.25) is 0 Å². The Morgan fingerprint density at radius 1 is 1.23 bits per heavy atom. The molecule has 0 unspecified atom stereocenters. The third-order valence-electron chi connectivity index (χ3n) is 3.92. The van der Waals surface area contributed by atoms with Gasteiger partial charge in [0.15, 0.2) is 5.60 Å². The number of nitrogens with zero attached hydrogens (tertiary/aromatic N) is 1. The first-order valence-corrected chi connectivity index (χ1v) is 7.43. The lowest BCUT2D eigenvalue weighted by atomic mass is 9.92. The zero-order valence-corrected chi connectivity index (χ0v) is 12.8. The van der Waals surface area contributed by atoms with Crippen LogP contribution in [0.1, 0.15) is 17.5 Å². The normalized spacial score (nSPS) is 20.1. The molecule has 0 bridgehead atoms. The van der Waals surface area contributed by atoms with Gasteiger partial charge in [0.05, 0.1) is 12.2 Å². The number of carbonyl (C=O) groups excluding carboxylic acids is 1. The summed E-state index contributed by atoms with van der Waals surface area (Å²) in [5.41, 5.74) is 0.671. The van der Waals surface area contributed by atoms with E-state index < -0.39 is 5.60 Å². The average molecular weight is 314 g/mol. The van der Waals surface area contributed by atoms with Crippen molar-refractivity contribution in [1.29, 1.82) is 0 Å². The summed E-state index contributed by atoms with van der Waals surface area (Å²) in [5, 5.41) is 11.4. The summed E-state index contributed by atoms with van der Waals surface area (Å²) in [6.45, 7) is 4.04. The van der Waals surface area contributed by atoms with E-state index in [1.54, 1.807) is 29.2 Å². The molecule has 3 rings (SSSR count). The number of halogens is 1. The molecule has 22 heavy (non-hydrogen) atoms. The van der Waals surface area contributed by atoms with Crippen molar-refractivity contribution in [1.82, 2.24) is 0 Å². The summed E-state index contributed by atoms with van der Waals surface area (Å²) in [4.78, 5) is 14.4. The van der Waals surface area contributed by atoms with Crippen LogP contribution in [0, 0.1) is 0 Å². The van der Waals surface area contributed by atoms with Gasteiger partial charge in [0.1, 0.15) is 0 Å². The third kappa shape index (κ3) is 2.32. The van der Waals surface area contributed by atoms with Crippen molar-refractivity contribution in [3.63, 3.8) is 0 Å². The molecule has 0 radical (unpaired) electrons. The standard InChI is InChI=1S/C18H16ClNO2/c1-2-10-18(22)15-9-8-14(19)11-16(15)20(17(18)21)12-13-6-4-3-5-7-13/h2-9,11,22H,1,10,12H2/t18-/m1/s1. The summed E-state index contributed by atoms with van der Waals surface area (Å²) in [6, 6.07) is 14.8. The molecule has 3 nitrogen and oxygen atoms in total. The van der Waals surface area contributed by atoms with Crippen molar-refractivity contribution >= 4 is 23.2 Å². The van der Waals surface area contributed by atoms with E-state index in [2.05, 4.69) is 6.58 Å². The Kier molecular flexibility index (Phi) is 3.77. The number of rotatable bonds is 4. The van der Waals surface area contributed by atoms with Crippen LogP contribution in [0.4, 0.5) is 5.69 Å². The first-order valence-electron chi connectivity index (χ1n) is 7.05. The minimum atomic E-state index is -1.56. The van der Waals surface area contributed by atoms with E-state index in [0.717, 1.165) is 5.56 Å². The van der Waals surface area contributed by atoms with Crippen LogP contribution in [0.3, 0.4) is 0 Å². The number of hydrogen-bond acceptors (Lipinski definition) is 2. The average Bonchev–Trinajstić information content (AvgIpc) is 2.71. The van der Waals surface area contributed by atoms with Gasteiger partial charge in [-0.3, -0.25) is 4.79 Å². The number of hydrogen-bond donors (Lipinski definition) is 1. The van der Waals surface area contributed by atoms with E-state index in [-0.39, 0.29) is 12.3 Å². The number of amides is 1. The minimum absolute atomic E-state index is 0.172. The Balaban J connectivity index is 2.06. The SMILES string of the molecule is C=CC[C@]1(O)C(=O)N(Cc2ccccc2)c2cc(Cl)ccc21. The second kappa shape index (κ2) is 5.59. The molecule has 1 amide bonds. The highest BCUT2D eigenvalue weighted by Gasteiger charge is 2.48. The van der Waals surface area contributed by atoms with Crippen LogP contribution in [0.5, 0.6) is 0 Å². The molecule has 2 aromatic carbocycles. The number of carbonyl (C=O) groups is 1. The monoisotopic (exact) mass is 313 g/mol. The van der Waals surface area contributed by atoms with Crippen molar-refractivity contribution in [3.8, 4) is 0 Å². The minimum Gasteiger partial charge on any atom is -0.375 e. The summed E-state index contributed by atoms with van der Waals surface area (Å²) in [7, 11) is 0. The summed E-state index contributed by atoms with van der Waals surface area (Å²) in [5.74, 6) is -0.339. The quantitative estimate of drug-likeness (QED) is 0.875. The molecule has 0 aliphatic carbocycles. The predicted octanol–water partition coefficient (Wildman–Crippen LogP) is 3.65. The maximum absolute atomic E-state index is 12.8. The fraction of sp³-hybridized carbons (Fsp3) is 0.167. The molecule has 1 atom stereocenters. The fourth-order valence-corrected chi connectivity index (χ4v) is 3.02. The molecule has 1 aliphatic heterocycles. The highest BCUT2D eigenvalue weighted by Crippen LogP contribution is 2.44. The highest BCUT2D eigenvalue weighted by atomic mass is 35.5. The highest BCUT2D eigenvalue weighted by molar-refractivity contribution is 6.31. The van der Waals surface area contributed by atoms with E-state index in [4.69, 9.17) is 11.6 Å². The van der Waals surface area contributed by atoms with Gasteiger partial charge < -0.3 is 10.0 Å². The molecule has 0 aromatic heterocycles. The Labute approximate surface area is 134 Å². The van der Waals surface area contributed by atoms with Crippen molar-refractivity contribution < 1.29 is 9.90 Å². The van der Waals surface area contributed by atoms with Gasteiger partial charge in [-0.05, 0) is 17.7 Å². The van der Waals surface area contributed by atoms with Gasteiger partial charge >= 0.3 is 0 Å². The third-order valence-corrected chi connectivity index (χ3v) is 4.15. The Bertz CT molecular complexity index is 729. The largest absolute Gasteiger partial charge is 0.375 e. The molecular formula is C18H16ClNO2. The number of anilines is 1. The lowest BCUT2D eigenvalue weighted by molar-refractivity contribution is -0.135. The Morgan fingerprint density at radius 3 is 2.64 bits per heavy atom. The number of aliphatic hydroxyl groups is 1. The molecule has 0 saturated carbocycles. The van der Waals surface area contributed by atoms with Crippen molar-refractivity contribution in [2.45, 2.75) is 18.6 Å². The van der Waals surface area contributed by atoms with E-state index in [1.165, 1.54) is 0 Å². The summed E-state index contributed by atoms with van der Waals surface area (Å²) in [6.07, 6.45) is 1.73. The smallest absolute Gasteiger partial charge is 0.264 e. The fourth-order valence-electron chi connectivity index (χ4n) is 2.85. The first-order chi connectivity index (χ1) is 10.6. The van der Waals surface area contributed by atoms with E-state index in [9.17, 15) is 9.90 Å². The van der Waals surface area contributed by atoms with Crippen molar-refractivity contribution in [3.05, 3.63) is 77.3 Å². The second-order valence-electron chi connectivity index (χ2n) is 5.39. The Hall–Kier alpha value is -2.10. The van der Waals surface area contributed by atoms with Crippen LogP contribution in [0.15, 0.2) is 61.2 Å². The number of fused-ring (bicyclic) bond motifs is 1. The van der Waals surface area contributed by atoms with Crippen molar-refractivity contribution in [2.24, 2.45) is 0 Å². The molecule has 112 valence electrons. The maximum Gasteiger partial charge on any atom is 0.264 e. The topological polar surface area (TPSA) is 40.5 Å². The number of benzene rings is 2. The molecule has 1 N–H and O–H groups in total.